The Morgan fingerprint density at radius 2 is 1.35 bits per heavy atom. The SMILES string of the molecule is C[Si](C)(C)CCOC(=O)[C@H](OC(=O)c1ccccc1)[C@@H](NC(=O)OCc1ccccc1)c1ccccc1. The smallest absolute Gasteiger partial charge is 0.408 e. The number of amides is 1. The maximum Gasteiger partial charge on any atom is 0.408 e. The third-order valence-electron chi connectivity index (χ3n) is 5.52. The van der Waals surface area contributed by atoms with Gasteiger partial charge in [0.05, 0.1) is 12.2 Å². The minimum Gasteiger partial charge on any atom is -0.463 e. The highest BCUT2D eigenvalue weighted by Gasteiger charge is 2.37. The third kappa shape index (κ3) is 9.23. The van der Waals surface area contributed by atoms with E-state index in [0.717, 1.165) is 11.6 Å². The van der Waals surface area contributed by atoms with Gasteiger partial charge in [0.15, 0.2) is 0 Å². The summed E-state index contributed by atoms with van der Waals surface area (Å²) >= 11 is 0. The Kier molecular flexibility index (Phi) is 10.0. The van der Waals surface area contributed by atoms with E-state index in [1.807, 2.05) is 36.4 Å². The van der Waals surface area contributed by atoms with Crippen LogP contribution in [0.1, 0.15) is 27.5 Å². The summed E-state index contributed by atoms with van der Waals surface area (Å²) in [5.41, 5.74) is 1.65. The molecule has 0 aliphatic rings. The normalized spacial score (nSPS) is 12.6. The molecule has 1 amide bonds. The Balaban J connectivity index is 1.84. The molecular weight excluding hydrogens is 486 g/mol. The van der Waals surface area contributed by atoms with E-state index < -0.39 is 38.3 Å². The molecular formula is C29H33NO6Si. The highest BCUT2D eigenvalue weighted by molar-refractivity contribution is 6.76. The molecule has 0 saturated heterocycles. The van der Waals surface area contributed by atoms with Crippen molar-refractivity contribution in [2.24, 2.45) is 0 Å². The van der Waals surface area contributed by atoms with Crippen LogP contribution in [0.2, 0.25) is 25.7 Å². The zero-order valence-electron chi connectivity index (χ0n) is 21.4. The first-order valence-electron chi connectivity index (χ1n) is 12.2. The van der Waals surface area contributed by atoms with Crippen molar-refractivity contribution in [3.05, 3.63) is 108 Å². The number of hydrogen-bond acceptors (Lipinski definition) is 6. The van der Waals surface area contributed by atoms with E-state index in [1.165, 1.54) is 0 Å². The van der Waals surface area contributed by atoms with Gasteiger partial charge >= 0.3 is 18.0 Å². The number of carbonyl (C=O) groups is 3. The van der Waals surface area contributed by atoms with Crippen LogP contribution < -0.4 is 5.32 Å². The molecule has 37 heavy (non-hydrogen) atoms. The van der Waals surface area contributed by atoms with Crippen molar-refractivity contribution in [3.8, 4) is 0 Å². The maximum atomic E-state index is 13.3. The standard InChI is InChI=1S/C29H33NO6Si/c1-37(2,3)20-19-34-28(32)26(36-27(31)24-17-11-6-12-18-24)25(23-15-9-5-10-16-23)30-29(33)35-21-22-13-7-4-8-14-22/h4-18,25-26H,19-21H2,1-3H3,(H,30,33)/t25-,26+/m0/s1. The van der Waals surface area contributed by atoms with Crippen molar-refractivity contribution < 1.29 is 28.6 Å². The van der Waals surface area contributed by atoms with Gasteiger partial charge in [0.2, 0.25) is 6.10 Å². The van der Waals surface area contributed by atoms with Crippen molar-refractivity contribution in [2.75, 3.05) is 6.61 Å². The van der Waals surface area contributed by atoms with Crippen LogP contribution in [0, 0.1) is 0 Å². The zero-order chi connectivity index (χ0) is 26.7. The largest absolute Gasteiger partial charge is 0.463 e. The van der Waals surface area contributed by atoms with Gasteiger partial charge in [0, 0.05) is 8.07 Å². The quantitative estimate of drug-likeness (QED) is 0.197. The average Bonchev–Trinajstić information content (AvgIpc) is 2.90. The fraction of sp³-hybridized carbons (Fsp3) is 0.276. The lowest BCUT2D eigenvalue weighted by atomic mass is 10.0. The summed E-state index contributed by atoms with van der Waals surface area (Å²) < 4.78 is 16.6. The second-order valence-corrected chi connectivity index (χ2v) is 15.4. The molecule has 0 fully saturated rings. The number of esters is 2. The van der Waals surface area contributed by atoms with E-state index in [9.17, 15) is 14.4 Å². The third-order valence-corrected chi connectivity index (χ3v) is 7.22. The number of rotatable bonds is 11. The van der Waals surface area contributed by atoms with E-state index in [1.54, 1.807) is 54.6 Å². The number of ether oxygens (including phenoxy) is 3. The second-order valence-electron chi connectivity index (χ2n) is 9.76. The monoisotopic (exact) mass is 519 g/mol. The molecule has 2 atom stereocenters. The van der Waals surface area contributed by atoms with Crippen molar-refractivity contribution in [1.29, 1.82) is 0 Å². The van der Waals surface area contributed by atoms with Crippen LogP contribution in [0.15, 0.2) is 91.0 Å². The van der Waals surface area contributed by atoms with Gasteiger partial charge in [0.25, 0.3) is 0 Å². The van der Waals surface area contributed by atoms with Crippen molar-refractivity contribution in [1.82, 2.24) is 5.32 Å². The lowest BCUT2D eigenvalue weighted by Gasteiger charge is -2.27. The van der Waals surface area contributed by atoms with Crippen LogP contribution in [0.5, 0.6) is 0 Å². The minimum atomic E-state index is -1.48. The number of benzene rings is 3. The summed E-state index contributed by atoms with van der Waals surface area (Å²) in [6.45, 7) is 6.76. The molecule has 194 valence electrons. The minimum absolute atomic E-state index is 0.0450. The molecule has 0 aliphatic heterocycles. The van der Waals surface area contributed by atoms with Crippen LogP contribution >= 0.6 is 0 Å². The molecule has 0 aliphatic carbocycles. The molecule has 7 nitrogen and oxygen atoms in total. The first-order valence-corrected chi connectivity index (χ1v) is 15.9. The molecule has 0 radical (unpaired) electrons. The molecule has 8 heteroatoms. The molecule has 0 heterocycles. The fourth-order valence-corrected chi connectivity index (χ4v) is 4.15. The van der Waals surface area contributed by atoms with E-state index in [2.05, 4.69) is 25.0 Å². The van der Waals surface area contributed by atoms with E-state index in [4.69, 9.17) is 14.2 Å². The maximum absolute atomic E-state index is 13.3. The Labute approximate surface area is 218 Å². The van der Waals surface area contributed by atoms with Gasteiger partial charge in [-0.15, -0.1) is 0 Å². The average molecular weight is 520 g/mol. The number of nitrogens with one attached hydrogen (secondary N) is 1. The molecule has 0 unspecified atom stereocenters. The Morgan fingerprint density at radius 3 is 1.95 bits per heavy atom. The lowest BCUT2D eigenvalue weighted by Crippen LogP contribution is -2.44. The molecule has 1 N–H and O–H groups in total. The van der Waals surface area contributed by atoms with E-state index >= 15 is 0 Å². The van der Waals surface area contributed by atoms with Crippen molar-refractivity contribution >= 4 is 26.1 Å². The molecule has 0 spiro atoms. The summed E-state index contributed by atoms with van der Waals surface area (Å²) in [6.07, 6.45) is -2.19. The molecule has 3 rings (SSSR count). The molecule has 3 aromatic carbocycles. The summed E-state index contributed by atoms with van der Waals surface area (Å²) in [4.78, 5) is 39.1. The van der Waals surface area contributed by atoms with Gasteiger partial charge in [0.1, 0.15) is 12.6 Å². The highest BCUT2D eigenvalue weighted by Crippen LogP contribution is 2.23. The van der Waals surface area contributed by atoms with Crippen LogP contribution in [-0.4, -0.2) is 38.8 Å². The van der Waals surface area contributed by atoms with Gasteiger partial charge in [-0.25, -0.2) is 14.4 Å². The molecule has 0 bridgehead atoms. The predicted octanol–water partition coefficient (Wildman–Crippen LogP) is 5.76. The van der Waals surface area contributed by atoms with Gasteiger partial charge in [-0.2, -0.15) is 0 Å². The summed E-state index contributed by atoms with van der Waals surface area (Å²) in [5.74, 6) is -1.44. The first kappa shape index (κ1) is 27.7. The molecule has 0 saturated carbocycles. The Hall–Kier alpha value is -3.91. The summed E-state index contributed by atoms with van der Waals surface area (Å²) in [5, 5.41) is 2.72. The zero-order valence-corrected chi connectivity index (χ0v) is 22.4. The number of carbonyl (C=O) groups excluding carboxylic acids is 3. The van der Waals surface area contributed by atoms with Crippen molar-refractivity contribution in [3.63, 3.8) is 0 Å². The summed E-state index contributed by atoms with van der Waals surface area (Å²) in [6, 6.07) is 26.1. The predicted molar refractivity (Wildman–Crippen MR) is 144 cm³/mol. The van der Waals surface area contributed by atoms with Gasteiger partial charge in [-0.05, 0) is 29.3 Å². The van der Waals surface area contributed by atoms with Gasteiger partial charge in [-0.1, -0.05) is 98.5 Å². The fourth-order valence-electron chi connectivity index (χ4n) is 3.44. The topological polar surface area (TPSA) is 90.9 Å². The Morgan fingerprint density at radius 1 is 0.784 bits per heavy atom. The molecule has 0 aromatic heterocycles. The molecule has 3 aromatic rings. The van der Waals surface area contributed by atoms with Crippen LogP contribution in [0.3, 0.4) is 0 Å². The summed E-state index contributed by atoms with van der Waals surface area (Å²) in [7, 11) is -1.48. The van der Waals surface area contributed by atoms with Crippen LogP contribution in [0.4, 0.5) is 4.79 Å². The van der Waals surface area contributed by atoms with E-state index in [0.29, 0.717) is 5.56 Å². The van der Waals surface area contributed by atoms with Gasteiger partial charge in [-0.3, -0.25) is 0 Å². The van der Waals surface area contributed by atoms with Crippen molar-refractivity contribution in [2.45, 2.75) is 44.4 Å². The van der Waals surface area contributed by atoms with Crippen LogP contribution in [-0.2, 0) is 25.6 Å². The number of hydrogen-bond donors (Lipinski definition) is 1. The van der Waals surface area contributed by atoms with E-state index in [-0.39, 0.29) is 18.8 Å². The Bertz CT molecular complexity index is 1150. The first-order chi connectivity index (χ1) is 17.7. The second kappa shape index (κ2) is 13.4. The van der Waals surface area contributed by atoms with Gasteiger partial charge < -0.3 is 19.5 Å². The highest BCUT2D eigenvalue weighted by atomic mass is 28.3. The van der Waals surface area contributed by atoms with Crippen LogP contribution in [0.25, 0.3) is 0 Å². The lowest BCUT2D eigenvalue weighted by molar-refractivity contribution is -0.155. The number of alkyl carbamates (subject to hydrolysis) is 1.